The molecule has 4 rings (SSSR count). The Morgan fingerprint density at radius 2 is 1.64 bits per heavy atom. The number of nitrogens with zero attached hydrogens (tertiary/aromatic N) is 1. The van der Waals surface area contributed by atoms with Crippen LogP contribution in [0.5, 0.6) is 5.75 Å². The van der Waals surface area contributed by atoms with Crippen molar-refractivity contribution in [1.82, 2.24) is 0 Å². The summed E-state index contributed by atoms with van der Waals surface area (Å²) >= 11 is 0. The van der Waals surface area contributed by atoms with Gasteiger partial charge in [-0.1, -0.05) is 42.5 Å². The van der Waals surface area contributed by atoms with E-state index in [1.54, 1.807) is 0 Å². The number of carbonyl (C=O) groups is 1. The molecule has 1 amide bonds. The van der Waals surface area contributed by atoms with E-state index < -0.39 is 0 Å². The zero-order chi connectivity index (χ0) is 19.6. The molecule has 0 aromatic heterocycles. The second-order valence-corrected chi connectivity index (χ2v) is 7.72. The average molecular weight is 372 g/mol. The number of nitrogens with one attached hydrogen (secondary N) is 1. The molecule has 1 aliphatic rings. The molecule has 0 fully saturated rings. The number of fused-ring (bicyclic) bond motifs is 1. The Hall–Kier alpha value is -3.27. The molecular weight excluding hydrogens is 348 g/mol. The summed E-state index contributed by atoms with van der Waals surface area (Å²) in [6, 6.07) is 25.3. The van der Waals surface area contributed by atoms with Gasteiger partial charge in [0.1, 0.15) is 12.4 Å². The van der Waals surface area contributed by atoms with Crippen LogP contribution < -0.4 is 15.0 Å². The highest BCUT2D eigenvalue weighted by molar-refractivity contribution is 6.08. The molecule has 28 heavy (non-hydrogen) atoms. The predicted octanol–water partition coefficient (Wildman–Crippen LogP) is 5.12. The Bertz CT molecular complexity index is 965. The van der Waals surface area contributed by atoms with Crippen molar-refractivity contribution in [2.24, 2.45) is 0 Å². The van der Waals surface area contributed by atoms with Gasteiger partial charge in [0, 0.05) is 17.6 Å². The maximum atomic E-state index is 13.2. The largest absolute Gasteiger partial charge is 0.489 e. The van der Waals surface area contributed by atoms with Crippen molar-refractivity contribution < 1.29 is 9.53 Å². The fourth-order valence-electron chi connectivity index (χ4n) is 3.47. The Morgan fingerprint density at radius 1 is 0.964 bits per heavy atom. The van der Waals surface area contributed by atoms with E-state index in [4.69, 9.17) is 4.74 Å². The van der Waals surface area contributed by atoms with Gasteiger partial charge >= 0.3 is 0 Å². The highest BCUT2D eigenvalue weighted by Gasteiger charge is 2.33. The van der Waals surface area contributed by atoms with Crippen LogP contribution in [0.3, 0.4) is 0 Å². The third-order valence-electron chi connectivity index (χ3n) is 4.82. The van der Waals surface area contributed by atoms with Gasteiger partial charge in [0.05, 0.1) is 11.4 Å². The van der Waals surface area contributed by atoms with Gasteiger partial charge in [-0.05, 0) is 55.8 Å². The topological polar surface area (TPSA) is 41.6 Å². The molecule has 4 nitrogen and oxygen atoms in total. The fraction of sp³-hybridized carbons (Fsp3) is 0.208. The lowest BCUT2D eigenvalue weighted by Crippen LogP contribution is -2.50. The standard InChI is InChI=1S/C24H24N2O2/c1-24(2)17-26(22-11-7-6-10-21(22)25-24)23(27)19-12-14-20(15-13-19)28-16-18-8-4-3-5-9-18/h3-15,25H,16-17H2,1-2H3. The van der Waals surface area contributed by atoms with E-state index in [0.29, 0.717) is 18.7 Å². The van der Waals surface area contributed by atoms with Gasteiger partial charge < -0.3 is 15.0 Å². The molecule has 142 valence electrons. The van der Waals surface area contributed by atoms with Crippen molar-refractivity contribution in [1.29, 1.82) is 0 Å². The summed E-state index contributed by atoms with van der Waals surface area (Å²) in [7, 11) is 0. The molecule has 3 aromatic carbocycles. The lowest BCUT2D eigenvalue weighted by molar-refractivity contribution is 0.0981. The molecule has 0 atom stereocenters. The second kappa shape index (κ2) is 7.39. The predicted molar refractivity (Wildman–Crippen MR) is 113 cm³/mol. The van der Waals surface area contributed by atoms with E-state index in [1.165, 1.54) is 0 Å². The van der Waals surface area contributed by atoms with Crippen molar-refractivity contribution in [3.05, 3.63) is 90.0 Å². The van der Waals surface area contributed by atoms with E-state index >= 15 is 0 Å². The van der Waals surface area contributed by atoms with Gasteiger partial charge in [-0.15, -0.1) is 0 Å². The van der Waals surface area contributed by atoms with Crippen LogP contribution in [-0.2, 0) is 6.61 Å². The fourth-order valence-corrected chi connectivity index (χ4v) is 3.47. The van der Waals surface area contributed by atoms with E-state index in [9.17, 15) is 4.79 Å². The Morgan fingerprint density at radius 3 is 2.39 bits per heavy atom. The highest BCUT2D eigenvalue weighted by Crippen LogP contribution is 2.35. The molecule has 0 spiro atoms. The smallest absolute Gasteiger partial charge is 0.258 e. The average Bonchev–Trinajstić information content (AvgIpc) is 2.71. The summed E-state index contributed by atoms with van der Waals surface area (Å²) in [6.45, 7) is 5.32. The molecule has 0 radical (unpaired) electrons. The first kappa shape index (κ1) is 18.1. The number of amides is 1. The highest BCUT2D eigenvalue weighted by atomic mass is 16.5. The molecule has 1 aliphatic heterocycles. The molecule has 0 aliphatic carbocycles. The van der Waals surface area contributed by atoms with Crippen molar-refractivity contribution in [3.63, 3.8) is 0 Å². The second-order valence-electron chi connectivity index (χ2n) is 7.72. The number of hydrogen-bond acceptors (Lipinski definition) is 3. The van der Waals surface area contributed by atoms with Crippen LogP contribution in [-0.4, -0.2) is 18.0 Å². The Kier molecular flexibility index (Phi) is 4.78. The van der Waals surface area contributed by atoms with Gasteiger partial charge in [-0.25, -0.2) is 0 Å². The van der Waals surface area contributed by atoms with Gasteiger partial charge in [0.15, 0.2) is 0 Å². The van der Waals surface area contributed by atoms with Gasteiger partial charge in [0.25, 0.3) is 5.91 Å². The lowest BCUT2D eigenvalue weighted by Gasteiger charge is -2.40. The van der Waals surface area contributed by atoms with E-state index in [1.807, 2.05) is 83.8 Å². The first-order chi connectivity index (χ1) is 13.5. The number of anilines is 2. The lowest BCUT2D eigenvalue weighted by atomic mass is 9.98. The molecule has 1 heterocycles. The Balaban J connectivity index is 1.51. The minimum Gasteiger partial charge on any atom is -0.489 e. The molecule has 3 aromatic rings. The first-order valence-electron chi connectivity index (χ1n) is 9.48. The minimum atomic E-state index is -0.192. The third-order valence-corrected chi connectivity index (χ3v) is 4.82. The summed E-state index contributed by atoms with van der Waals surface area (Å²) in [5.74, 6) is 0.748. The van der Waals surface area contributed by atoms with Gasteiger partial charge in [-0.3, -0.25) is 4.79 Å². The third kappa shape index (κ3) is 3.86. The van der Waals surface area contributed by atoms with Crippen LogP contribution in [0.2, 0.25) is 0 Å². The van der Waals surface area contributed by atoms with Crippen LogP contribution in [0.15, 0.2) is 78.9 Å². The summed E-state index contributed by atoms with van der Waals surface area (Å²) in [5.41, 5.74) is 3.47. The van der Waals surface area contributed by atoms with Crippen molar-refractivity contribution in [2.45, 2.75) is 26.0 Å². The number of hydrogen-bond donors (Lipinski definition) is 1. The van der Waals surface area contributed by atoms with Crippen LogP contribution in [0.4, 0.5) is 11.4 Å². The SMILES string of the molecule is CC1(C)CN(C(=O)c2ccc(OCc3ccccc3)cc2)c2ccccc2N1. The van der Waals surface area contributed by atoms with Crippen molar-refractivity contribution in [3.8, 4) is 5.75 Å². The van der Waals surface area contributed by atoms with E-state index in [0.717, 1.165) is 22.7 Å². The molecule has 0 bridgehead atoms. The summed E-state index contributed by atoms with van der Waals surface area (Å²) in [4.78, 5) is 15.1. The van der Waals surface area contributed by atoms with Crippen molar-refractivity contribution in [2.75, 3.05) is 16.8 Å². The van der Waals surface area contributed by atoms with Gasteiger partial charge in [0.2, 0.25) is 0 Å². The molecular formula is C24H24N2O2. The zero-order valence-corrected chi connectivity index (χ0v) is 16.2. The Labute approximate surface area is 165 Å². The van der Waals surface area contributed by atoms with Gasteiger partial charge in [-0.2, -0.15) is 0 Å². The summed E-state index contributed by atoms with van der Waals surface area (Å²) in [5, 5.41) is 3.50. The number of rotatable bonds is 4. The summed E-state index contributed by atoms with van der Waals surface area (Å²) < 4.78 is 5.83. The first-order valence-corrected chi connectivity index (χ1v) is 9.48. The van der Waals surface area contributed by atoms with E-state index in [2.05, 4.69) is 19.2 Å². The quantitative estimate of drug-likeness (QED) is 0.691. The maximum absolute atomic E-state index is 13.2. The van der Waals surface area contributed by atoms with E-state index in [-0.39, 0.29) is 11.4 Å². The van der Waals surface area contributed by atoms with Crippen molar-refractivity contribution >= 4 is 17.3 Å². The number of ether oxygens (including phenoxy) is 1. The maximum Gasteiger partial charge on any atom is 0.258 e. The molecule has 0 saturated carbocycles. The number of carbonyl (C=O) groups excluding carboxylic acids is 1. The molecule has 4 heteroatoms. The minimum absolute atomic E-state index is 0.00312. The summed E-state index contributed by atoms with van der Waals surface area (Å²) in [6.07, 6.45) is 0. The molecule has 0 saturated heterocycles. The monoisotopic (exact) mass is 372 g/mol. The zero-order valence-electron chi connectivity index (χ0n) is 16.2. The van der Waals surface area contributed by atoms with Crippen LogP contribution in [0, 0.1) is 0 Å². The normalized spacial score (nSPS) is 14.7. The van der Waals surface area contributed by atoms with Crippen LogP contribution in [0.1, 0.15) is 29.8 Å². The molecule has 1 N–H and O–H groups in total. The number of para-hydroxylation sites is 2. The van der Waals surface area contributed by atoms with Crippen LogP contribution in [0.25, 0.3) is 0 Å². The molecule has 0 unspecified atom stereocenters. The van der Waals surface area contributed by atoms with Crippen LogP contribution >= 0.6 is 0 Å². The number of benzene rings is 3.